The van der Waals surface area contributed by atoms with Crippen LogP contribution in [0.3, 0.4) is 0 Å². The number of primary amides is 1. The Morgan fingerprint density at radius 3 is 2.50 bits per heavy atom. The lowest BCUT2D eigenvalue weighted by Gasteiger charge is -2.20. The number of sulfone groups is 1. The highest BCUT2D eigenvalue weighted by Crippen LogP contribution is 2.27. The van der Waals surface area contributed by atoms with Gasteiger partial charge < -0.3 is 26.8 Å². The van der Waals surface area contributed by atoms with Crippen LogP contribution in [0.25, 0.3) is 0 Å². The Morgan fingerprint density at radius 2 is 1.87 bits per heavy atom. The summed E-state index contributed by atoms with van der Waals surface area (Å²) in [6.07, 6.45) is 1.50. The fourth-order valence-corrected chi connectivity index (χ4v) is 4.82. The Kier molecular flexibility index (Phi) is 9.26. The number of amides is 2. The van der Waals surface area contributed by atoms with Crippen molar-refractivity contribution in [3.05, 3.63) is 88.2 Å². The van der Waals surface area contributed by atoms with Gasteiger partial charge in [0.25, 0.3) is 11.8 Å². The first-order valence-electron chi connectivity index (χ1n) is 11.4. The van der Waals surface area contributed by atoms with Crippen LogP contribution in [0.1, 0.15) is 39.5 Å². The molecule has 7 N–H and O–H groups in total. The van der Waals surface area contributed by atoms with E-state index in [4.69, 9.17) is 33.2 Å². The number of pyridine rings is 1. The quantitative estimate of drug-likeness (QED) is 0.165. The van der Waals surface area contributed by atoms with Gasteiger partial charge in [-0.05, 0) is 36.4 Å². The molecule has 0 saturated heterocycles. The lowest BCUT2D eigenvalue weighted by Crippen LogP contribution is -2.26. The third-order valence-corrected chi connectivity index (χ3v) is 7.46. The Morgan fingerprint density at radius 1 is 1.11 bits per heavy atom. The monoisotopic (exact) mass is 558 g/mol. The molecule has 3 rings (SSSR count). The van der Waals surface area contributed by atoms with Crippen LogP contribution < -0.4 is 26.8 Å². The van der Waals surface area contributed by atoms with E-state index in [-0.39, 0.29) is 34.5 Å². The molecule has 38 heavy (non-hydrogen) atoms. The second kappa shape index (κ2) is 12.4. The van der Waals surface area contributed by atoms with Crippen molar-refractivity contribution in [2.75, 3.05) is 17.7 Å². The van der Waals surface area contributed by atoms with E-state index in [1.165, 1.54) is 37.4 Å². The largest absolute Gasteiger partial charge is 0.483 e. The number of nitrogens with one attached hydrogen (secondary N) is 3. The number of ether oxygens (including phenoxy) is 1. The average molecular weight is 559 g/mol. The summed E-state index contributed by atoms with van der Waals surface area (Å²) in [5.41, 5.74) is 12.4. The molecular weight excluding hydrogens is 532 g/mol. The normalized spacial score (nSPS) is 11.8. The Balaban J connectivity index is 1.83. The maximum absolute atomic E-state index is 13.0. The molecule has 0 spiro atoms. The minimum absolute atomic E-state index is 0.00115. The van der Waals surface area contributed by atoms with Crippen molar-refractivity contribution in [3.63, 3.8) is 0 Å². The number of hydrogen-bond donors (Lipinski definition) is 5. The van der Waals surface area contributed by atoms with Gasteiger partial charge in [-0.15, -0.1) is 0 Å². The van der Waals surface area contributed by atoms with Gasteiger partial charge in [0.2, 0.25) is 0 Å². The highest BCUT2D eigenvalue weighted by atomic mass is 35.5. The van der Waals surface area contributed by atoms with Crippen molar-refractivity contribution in [2.45, 2.75) is 18.8 Å². The lowest BCUT2D eigenvalue weighted by molar-refractivity contribution is -0.119. The molecule has 2 amide bonds. The molecule has 3 aromatic rings. The highest BCUT2D eigenvalue weighted by Gasteiger charge is 2.27. The van der Waals surface area contributed by atoms with Crippen LogP contribution in [0, 0.1) is 5.41 Å². The van der Waals surface area contributed by atoms with Crippen molar-refractivity contribution in [2.24, 2.45) is 11.5 Å². The van der Waals surface area contributed by atoms with Gasteiger partial charge in [-0.1, -0.05) is 36.7 Å². The first-order chi connectivity index (χ1) is 18.0. The molecule has 1 unspecified atom stereocenters. The number of halogens is 1. The fourth-order valence-electron chi connectivity index (χ4n) is 3.43. The number of nitrogens with zero attached hydrogens (tertiary/aromatic N) is 1. The highest BCUT2D eigenvalue weighted by molar-refractivity contribution is 7.91. The van der Waals surface area contributed by atoms with Gasteiger partial charge in [0.05, 0.1) is 5.69 Å². The molecule has 0 aliphatic heterocycles. The topological polar surface area (TPSA) is 190 Å². The third kappa shape index (κ3) is 7.43. The molecule has 0 bridgehead atoms. The lowest BCUT2D eigenvalue weighted by atomic mass is 10.1. The number of benzene rings is 2. The van der Waals surface area contributed by atoms with E-state index in [0.717, 1.165) is 0 Å². The summed E-state index contributed by atoms with van der Waals surface area (Å²) in [7, 11) is -3.62. The molecular formula is C25H27ClN6O5S. The Hall–Kier alpha value is -4.16. The molecule has 13 heteroatoms. The maximum Gasteiger partial charge on any atom is 0.255 e. The summed E-state index contributed by atoms with van der Waals surface area (Å²) in [6.45, 7) is 1.14. The number of hydrogen-bond acceptors (Lipinski definition) is 8. The molecule has 1 heterocycles. The number of amidine groups is 1. The zero-order valence-electron chi connectivity index (χ0n) is 20.4. The van der Waals surface area contributed by atoms with E-state index in [2.05, 4.69) is 15.6 Å². The molecule has 11 nitrogen and oxygen atoms in total. The molecule has 0 aliphatic rings. The van der Waals surface area contributed by atoms with E-state index >= 15 is 0 Å². The number of nitrogen functional groups attached to an aromatic ring is 1. The molecule has 200 valence electrons. The molecule has 2 aromatic carbocycles. The molecule has 0 radical (unpaired) electrons. The van der Waals surface area contributed by atoms with Gasteiger partial charge in [0, 0.05) is 45.9 Å². The van der Waals surface area contributed by atoms with E-state index in [1.807, 2.05) is 0 Å². The zero-order valence-corrected chi connectivity index (χ0v) is 22.0. The summed E-state index contributed by atoms with van der Waals surface area (Å²) in [6, 6.07) is 14.0. The first kappa shape index (κ1) is 28.4. The van der Waals surface area contributed by atoms with Crippen LogP contribution in [0.15, 0.2) is 60.8 Å². The van der Waals surface area contributed by atoms with Gasteiger partial charge in [-0.3, -0.25) is 20.0 Å². The molecule has 1 aromatic heterocycles. The van der Waals surface area contributed by atoms with Gasteiger partial charge in [0.1, 0.15) is 11.6 Å². The minimum Gasteiger partial charge on any atom is -0.483 e. The first-order valence-corrected chi connectivity index (χ1v) is 13.5. The van der Waals surface area contributed by atoms with Crippen molar-refractivity contribution >= 4 is 44.8 Å². The summed E-state index contributed by atoms with van der Waals surface area (Å²) in [4.78, 5) is 28.3. The predicted molar refractivity (Wildman–Crippen MR) is 145 cm³/mol. The summed E-state index contributed by atoms with van der Waals surface area (Å²) in [5.74, 6) is -1.29. The Bertz CT molecular complexity index is 1450. The van der Waals surface area contributed by atoms with Crippen LogP contribution in [-0.2, 0) is 21.2 Å². The number of carbonyl (C=O) groups is 2. The zero-order chi connectivity index (χ0) is 27.9. The smallest absolute Gasteiger partial charge is 0.255 e. The predicted octanol–water partition coefficient (Wildman–Crippen LogP) is 2.36. The number of anilines is 1. The Labute approximate surface area is 225 Å². The van der Waals surface area contributed by atoms with E-state index < -0.39 is 33.6 Å². The number of nitrogens with two attached hydrogens (primary N) is 2. The summed E-state index contributed by atoms with van der Waals surface area (Å²) >= 11 is 6.25. The van der Waals surface area contributed by atoms with Gasteiger partial charge in [-0.2, -0.15) is 0 Å². The molecule has 0 aliphatic carbocycles. The second-order valence-corrected chi connectivity index (χ2v) is 10.9. The summed E-state index contributed by atoms with van der Waals surface area (Å²) < 4.78 is 31.0. The minimum atomic E-state index is -3.62. The van der Waals surface area contributed by atoms with Gasteiger partial charge in [0.15, 0.2) is 21.8 Å². The average Bonchev–Trinajstić information content (AvgIpc) is 2.89. The van der Waals surface area contributed by atoms with Crippen molar-refractivity contribution in [1.29, 1.82) is 5.41 Å². The second-order valence-electron chi connectivity index (χ2n) is 8.13. The number of rotatable bonds is 12. The van der Waals surface area contributed by atoms with Gasteiger partial charge in [-0.25, -0.2) is 8.42 Å². The van der Waals surface area contributed by atoms with Crippen molar-refractivity contribution < 1.29 is 22.7 Å². The van der Waals surface area contributed by atoms with Crippen molar-refractivity contribution in [3.8, 4) is 5.75 Å². The fraction of sp³-hybridized carbons (Fsp3) is 0.200. The molecule has 0 fully saturated rings. The van der Waals surface area contributed by atoms with Crippen LogP contribution in [0.2, 0.25) is 5.02 Å². The molecule has 1 atom stereocenters. The third-order valence-electron chi connectivity index (χ3n) is 5.36. The summed E-state index contributed by atoms with van der Waals surface area (Å²) in [5, 5.41) is 12.3. The SMILES string of the molecule is CCS(=O)(=O)C(Nc1cc(Cl)cc(C(=O)NCc2ccc(C(=N)N)cc2OCC(N)=O)c1)c1ccccn1. The van der Waals surface area contributed by atoms with E-state index in [1.54, 1.807) is 30.3 Å². The van der Waals surface area contributed by atoms with Crippen LogP contribution in [0.5, 0.6) is 5.75 Å². The van der Waals surface area contributed by atoms with Crippen LogP contribution >= 0.6 is 11.6 Å². The number of aromatic nitrogens is 1. The standard InChI is InChI=1S/C25H27ClN6O5S/c1-2-38(35,36)25(20-5-3-4-8-30-20)32-19-10-17(9-18(26)12-19)24(34)31-13-16-7-6-15(23(28)29)11-21(16)37-14-22(27)33/h3-12,25,32H,2,13-14H2,1H3,(H2,27,33)(H3,28,29)(H,31,34). The van der Waals surface area contributed by atoms with Gasteiger partial charge >= 0.3 is 0 Å². The van der Waals surface area contributed by atoms with Crippen molar-refractivity contribution in [1.82, 2.24) is 10.3 Å². The molecule has 0 saturated carbocycles. The van der Waals surface area contributed by atoms with Crippen LogP contribution in [-0.4, -0.2) is 43.4 Å². The number of carbonyl (C=O) groups excluding carboxylic acids is 2. The van der Waals surface area contributed by atoms with E-state index in [9.17, 15) is 18.0 Å². The van der Waals surface area contributed by atoms with Crippen LogP contribution in [0.4, 0.5) is 5.69 Å². The maximum atomic E-state index is 13.0. The van der Waals surface area contributed by atoms with E-state index in [0.29, 0.717) is 22.5 Å².